The van der Waals surface area contributed by atoms with Crippen LogP contribution in [0.1, 0.15) is 84.5 Å². The highest BCUT2D eigenvalue weighted by Crippen LogP contribution is 2.65. The van der Waals surface area contributed by atoms with Crippen LogP contribution in [0.3, 0.4) is 0 Å². The number of rotatable bonds is 3. The Morgan fingerprint density at radius 3 is 2.77 bits per heavy atom. The minimum atomic E-state index is 0.531. The van der Waals surface area contributed by atoms with Gasteiger partial charge in [-0.15, -0.1) is 0 Å². The molecular formula is C25H39N. The van der Waals surface area contributed by atoms with Gasteiger partial charge in [-0.25, -0.2) is 0 Å². The number of hydrogen-bond acceptors (Lipinski definition) is 1. The van der Waals surface area contributed by atoms with Crippen LogP contribution >= 0.6 is 0 Å². The van der Waals surface area contributed by atoms with Crippen molar-refractivity contribution in [1.29, 1.82) is 0 Å². The van der Waals surface area contributed by atoms with Crippen molar-refractivity contribution in [1.82, 2.24) is 5.32 Å². The van der Waals surface area contributed by atoms with Crippen molar-refractivity contribution in [2.45, 2.75) is 84.5 Å². The quantitative estimate of drug-likeness (QED) is 0.590. The zero-order valence-corrected chi connectivity index (χ0v) is 17.2. The van der Waals surface area contributed by atoms with Crippen molar-refractivity contribution < 1.29 is 0 Å². The van der Waals surface area contributed by atoms with Gasteiger partial charge in [0.05, 0.1) is 0 Å². The lowest BCUT2D eigenvalue weighted by molar-refractivity contribution is -0.0178. The Bertz CT molecular complexity index is 610. The predicted molar refractivity (Wildman–Crippen MR) is 110 cm³/mol. The molecule has 1 N–H and O–H groups in total. The van der Waals surface area contributed by atoms with Crippen LogP contribution in [0.5, 0.6) is 0 Å². The molecule has 0 aromatic rings. The zero-order chi connectivity index (χ0) is 17.8. The molecule has 0 aromatic carbocycles. The molecule has 1 saturated heterocycles. The van der Waals surface area contributed by atoms with Gasteiger partial charge in [-0.1, -0.05) is 43.6 Å². The largest absolute Gasteiger partial charge is 0.316 e. The van der Waals surface area contributed by atoms with Crippen LogP contribution in [-0.2, 0) is 0 Å². The average Bonchev–Trinajstić information content (AvgIpc) is 3.26. The minimum Gasteiger partial charge on any atom is -0.316 e. The Morgan fingerprint density at radius 1 is 1.00 bits per heavy atom. The van der Waals surface area contributed by atoms with Gasteiger partial charge in [-0.2, -0.15) is 0 Å². The van der Waals surface area contributed by atoms with Gasteiger partial charge in [-0.3, -0.25) is 0 Å². The fourth-order valence-electron chi connectivity index (χ4n) is 8.06. The summed E-state index contributed by atoms with van der Waals surface area (Å²) in [6, 6.07) is 0. The van der Waals surface area contributed by atoms with E-state index in [-0.39, 0.29) is 0 Å². The van der Waals surface area contributed by atoms with Crippen molar-refractivity contribution >= 4 is 0 Å². The number of fused-ring (bicyclic) bond motifs is 5. The van der Waals surface area contributed by atoms with Gasteiger partial charge in [0.2, 0.25) is 0 Å². The summed E-state index contributed by atoms with van der Waals surface area (Å²) in [5, 5.41) is 3.56. The standard InChI is InChI=1S/C25H39N/c1-24-14-4-3-5-19(24)8-10-21-22-11-9-20(7-6-18-13-16-26-17-18)25(22,2)15-12-23(21)24/h8-9,18,21-23,26H,3-7,10-17H2,1-2H3/t18-,21-,22-,23-,24-,25+/m0/s1. The van der Waals surface area contributed by atoms with Crippen molar-refractivity contribution in [3.05, 3.63) is 23.3 Å². The highest BCUT2D eigenvalue weighted by molar-refractivity contribution is 5.29. The summed E-state index contributed by atoms with van der Waals surface area (Å²) in [4.78, 5) is 0. The fourth-order valence-corrected chi connectivity index (χ4v) is 8.06. The summed E-state index contributed by atoms with van der Waals surface area (Å²) in [7, 11) is 0. The molecule has 1 heterocycles. The highest BCUT2D eigenvalue weighted by Gasteiger charge is 2.55. The van der Waals surface area contributed by atoms with E-state index in [1.54, 1.807) is 0 Å². The third-order valence-corrected chi connectivity index (χ3v) is 9.74. The molecule has 4 aliphatic carbocycles. The maximum Gasteiger partial charge on any atom is -0.00199 e. The lowest BCUT2D eigenvalue weighted by Gasteiger charge is -2.57. The molecule has 5 rings (SSSR count). The number of nitrogens with one attached hydrogen (secondary N) is 1. The lowest BCUT2D eigenvalue weighted by atomic mass is 9.47. The van der Waals surface area contributed by atoms with Gasteiger partial charge >= 0.3 is 0 Å². The molecule has 0 amide bonds. The van der Waals surface area contributed by atoms with E-state index in [0.717, 1.165) is 23.7 Å². The maximum absolute atomic E-state index is 3.56. The summed E-state index contributed by atoms with van der Waals surface area (Å²) < 4.78 is 0. The van der Waals surface area contributed by atoms with E-state index < -0.39 is 0 Å². The van der Waals surface area contributed by atoms with Gasteiger partial charge < -0.3 is 5.32 Å². The van der Waals surface area contributed by atoms with Gasteiger partial charge in [0.1, 0.15) is 0 Å². The van der Waals surface area contributed by atoms with E-state index in [9.17, 15) is 0 Å². The Labute approximate surface area is 161 Å². The third-order valence-electron chi connectivity index (χ3n) is 9.74. The first-order valence-electron chi connectivity index (χ1n) is 11.7. The normalized spacial score (nSPS) is 47.6. The van der Waals surface area contributed by atoms with Gasteiger partial charge in [0.25, 0.3) is 0 Å². The van der Waals surface area contributed by atoms with Crippen LogP contribution in [0.25, 0.3) is 0 Å². The van der Waals surface area contributed by atoms with Crippen LogP contribution < -0.4 is 5.32 Å². The van der Waals surface area contributed by atoms with Crippen LogP contribution in [-0.4, -0.2) is 13.1 Å². The maximum atomic E-state index is 3.56. The summed E-state index contributed by atoms with van der Waals surface area (Å²) in [5.41, 5.74) is 4.80. The van der Waals surface area contributed by atoms with Crippen LogP contribution in [0.15, 0.2) is 23.3 Å². The summed E-state index contributed by atoms with van der Waals surface area (Å²) in [6.45, 7) is 7.82. The first kappa shape index (κ1) is 17.5. The van der Waals surface area contributed by atoms with Crippen LogP contribution in [0.4, 0.5) is 0 Å². The highest BCUT2D eigenvalue weighted by atomic mass is 14.9. The molecule has 6 atom stereocenters. The van der Waals surface area contributed by atoms with E-state index in [1.807, 2.05) is 11.1 Å². The average molecular weight is 354 g/mol. The first-order chi connectivity index (χ1) is 12.6. The smallest absolute Gasteiger partial charge is 0.00199 e. The molecule has 144 valence electrons. The van der Waals surface area contributed by atoms with Crippen molar-refractivity contribution in [3.63, 3.8) is 0 Å². The van der Waals surface area contributed by atoms with E-state index >= 15 is 0 Å². The summed E-state index contributed by atoms with van der Waals surface area (Å²) in [6.07, 6.45) is 21.2. The van der Waals surface area contributed by atoms with E-state index in [0.29, 0.717) is 10.8 Å². The summed E-state index contributed by atoms with van der Waals surface area (Å²) in [5.74, 6) is 3.82. The lowest BCUT2D eigenvalue weighted by Crippen LogP contribution is -2.49. The molecule has 0 spiro atoms. The molecular weight excluding hydrogens is 314 g/mol. The summed E-state index contributed by atoms with van der Waals surface area (Å²) >= 11 is 0. The Kier molecular flexibility index (Phi) is 4.39. The first-order valence-corrected chi connectivity index (χ1v) is 11.7. The Balaban J connectivity index is 1.33. The fraction of sp³-hybridized carbons (Fsp3) is 0.840. The van der Waals surface area contributed by atoms with Gasteiger partial charge in [0, 0.05) is 0 Å². The predicted octanol–water partition coefficient (Wildman–Crippen LogP) is 6.27. The van der Waals surface area contributed by atoms with Crippen LogP contribution in [0, 0.1) is 34.5 Å². The van der Waals surface area contributed by atoms with E-state index in [2.05, 4.69) is 31.3 Å². The molecule has 2 saturated carbocycles. The molecule has 1 aliphatic heterocycles. The monoisotopic (exact) mass is 353 g/mol. The second-order valence-corrected chi connectivity index (χ2v) is 10.8. The molecule has 0 aromatic heterocycles. The van der Waals surface area contributed by atoms with Crippen molar-refractivity contribution in [3.8, 4) is 0 Å². The Hall–Kier alpha value is -0.560. The Morgan fingerprint density at radius 2 is 1.92 bits per heavy atom. The van der Waals surface area contributed by atoms with Crippen molar-refractivity contribution in [2.75, 3.05) is 13.1 Å². The molecule has 1 nitrogen and oxygen atoms in total. The second kappa shape index (κ2) is 6.50. The minimum absolute atomic E-state index is 0.531. The van der Waals surface area contributed by atoms with E-state index in [4.69, 9.17) is 0 Å². The molecule has 26 heavy (non-hydrogen) atoms. The van der Waals surface area contributed by atoms with Crippen LogP contribution in [0.2, 0.25) is 0 Å². The topological polar surface area (TPSA) is 12.0 Å². The molecule has 3 fully saturated rings. The second-order valence-electron chi connectivity index (χ2n) is 10.8. The molecule has 0 bridgehead atoms. The van der Waals surface area contributed by atoms with E-state index in [1.165, 1.54) is 83.7 Å². The SMILES string of the molecule is C[C@]12CCCCC1=CC[C@@H]1[C@@H]2CC[C@]2(C)C(CC[C@H]3CCNC3)=CC[C@@H]12. The van der Waals surface area contributed by atoms with Gasteiger partial charge in [-0.05, 0) is 112 Å². The van der Waals surface area contributed by atoms with Gasteiger partial charge in [0.15, 0.2) is 0 Å². The number of hydrogen-bond donors (Lipinski definition) is 1. The third kappa shape index (κ3) is 2.60. The zero-order valence-electron chi connectivity index (χ0n) is 17.2. The molecule has 5 aliphatic rings. The number of allylic oxidation sites excluding steroid dienone is 4. The van der Waals surface area contributed by atoms with Crippen molar-refractivity contribution in [2.24, 2.45) is 34.5 Å². The molecule has 1 heteroatoms. The molecule has 0 radical (unpaired) electrons. The molecule has 0 unspecified atom stereocenters.